The smallest absolute Gasteiger partial charge is 0.338 e. The highest BCUT2D eigenvalue weighted by atomic mass is 16.6. The van der Waals surface area contributed by atoms with Crippen LogP contribution in [0.3, 0.4) is 0 Å². The summed E-state index contributed by atoms with van der Waals surface area (Å²) < 4.78 is 0. The van der Waals surface area contributed by atoms with E-state index in [1.807, 2.05) is 29.2 Å². The van der Waals surface area contributed by atoms with Crippen molar-refractivity contribution in [2.75, 3.05) is 13.7 Å². The molecule has 6 heteroatoms. The molecule has 2 rings (SSSR count). The number of nitrogens with zero attached hydrogens (tertiary/aromatic N) is 1. The molecule has 0 atom stereocenters. The first-order valence-electron chi connectivity index (χ1n) is 6.61. The van der Waals surface area contributed by atoms with Gasteiger partial charge in [-0.25, -0.2) is 10.3 Å². The lowest BCUT2D eigenvalue weighted by Crippen LogP contribution is -2.34. The molecule has 0 aliphatic carbocycles. The fourth-order valence-electron chi connectivity index (χ4n) is 2.24. The van der Waals surface area contributed by atoms with Crippen LogP contribution in [0.2, 0.25) is 0 Å². The van der Waals surface area contributed by atoms with Crippen molar-refractivity contribution in [3.63, 3.8) is 0 Å². The monoisotopic (exact) mass is 277 g/mol. The van der Waals surface area contributed by atoms with Gasteiger partial charge in [-0.1, -0.05) is 24.3 Å². The quantitative estimate of drug-likeness (QED) is 0.794. The fraction of sp³-hybridized carbons (Fsp3) is 0.429. The van der Waals surface area contributed by atoms with Gasteiger partial charge in [-0.15, -0.1) is 0 Å². The highest BCUT2D eigenvalue weighted by Gasteiger charge is 2.19. The zero-order valence-corrected chi connectivity index (χ0v) is 11.5. The number of likely N-dealkylation sites (tertiary alicyclic amines) is 1. The summed E-state index contributed by atoms with van der Waals surface area (Å²) in [5, 5.41) is 2.67. The lowest BCUT2D eigenvalue weighted by atomic mass is 10.1. The normalized spacial score (nSPS) is 14.4. The van der Waals surface area contributed by atoms with Crippen LogP contribution in [-0.2, 0) is 22.7 Å². The number of benzene rings is 1. The molecule has 1 aromatic carbocycles. The molecule has 1 aromatic rings. The Balaban J connectivity index is 1.90. The molecule has 1 saturated heterocycles. The molecule has 0 saturated carbocycles. The first-order valence-corrected chi connectivity index (χ1v) is 6.61. The van der Waals surface area contributed by atoms with E-state index in [1.54, 1.807) is 0 Å². The molecule has 0 radical (unpaired) electrons. The van der Waals surface area contributed by atoms with Gasteiger partial charge in [0.15, 0.2) is 0 Å². The van der Waals surface area contributed by atoms with E-state index in [1.165, 1.54) is 7.11 Å². The summed E-state index contributed by atoms with van der Waals surface area (Å²) in [6.07, 6.45) is 1.59. The Bertz CT molecular complexity index is 490. The molecule has 20 heavy (non-hydrogen) atoms. The van der Waals surface area contributed by atoms with E-state index in [2.05, 4.69) is 15.6 Å². The summed E-state index contributed by atoms with van der Waals surface area (Å²) in [4.78, 5) is 29.2. The molecule has 108 valence electrons. The number of hydrogen-bond acceptors (Lipinski definition) is 3. The van der Waals surface area contributed by atoms with Gasteiger partial charge in [-0.2, -0.15) is 0 Å². The molecule has 2 N–H and O–H groups in total. The fourth-order valence-corrected chi connectivity index (χ4v) is 2.24. The van der Waals surface area contributed by atoms with Gasteiger partial charge in [0.05, 0.1) is 7.11 Å². The molecule has 0 spiro atoms. The van der Waals surface area contributed by atoms with Crippen molar-refractivity contribution in [3.8, 4) is 0 Å². The Morgan fingerprint density at radius 3 is 2.90 bits per heavy atom. The van der Waals surface area contributed by atoms with Crippen molar-refractivity contribution in [2.24, 2.45) is 0 Å². The van der Waals surface area contributed by atoms with Crippen molar-refractivity contribution >= 4 is 11.9 Å². The van der Waals surface area contributed by atoms with Crippen LogP contribution in [0.15, 0.2) is 24.3 Å². The van der Waals surface area contributed by atoms with E-state index < -0.39 is 0 Å². The second kappa shape index (κ2) is 6.91. The van der Waals surface area contributed by atoms with Crippen LogP contribution < -0.4 is 10.8 Å². The summed E-state index contributed by atoms with van der Waals surface area (Å²) in [7, 11) is 1.38. The van der Waals surface area contributed by atoms with Gasteiger partial charge in [0.2, 0.25) is 5.91 Å². The maximum absolute atomic E-state index is 11.6. The zero-order valence-electron chi connectivity index (χ0n) is 11.5. The Kier molecular flexibility index (Phi) is 4.95. The minimum absolute atomic E-state index is 0.216. The van der Waals surface area contributed by atoms with Crippen LogP contribution in [0, 0.1) is 0 Å². The van der Waals surface area contributed by atoms with Crippen LogP contribution in [0.5, 0.6) is 0 Å². The maximum Gasteiger partial charge on any atom is 0.338 e. The molecule has 0 unspecified atom stereocenters. The minimum atomic E-state index is -0.382. The average Bonchev–Trinajstić information content (AvgIpc) is 2.83. The Morgan fingerprint density at radius 2 is 2.20 bits per heavy atom. The predicted molar refractivity (Wildman–Crippen MR) is 73.5 cm³/mol. The Hall–Kier alpha value is -2.08. The SMILES string of the molecule is CONC(=O)NCc1cccc(CN2CCCC2=O)c1. The molecule has 1 fully saturated rings. The van der Waals surface area contributed by atoms with Crippen LogP contribution >= 0.6 is 0 Å². The van der Waals surface area contributed by atoms with Gasteiger partial charge in [-0.3, -0.25) is 9.63 Å². The number of hydrogen-bond donors (Lipinski definition) is 2. The number of carbonyl (C=O) groups excluding carboxylic acids is 2. The Morgan fingerprint density at radius 1 is 1.40 bits per heavy atom. The Labute approximate surface area is 118 Å². The number of nitrogens with one attached hydrogen (secondary N) is 2. The largest absolute Gasteiger partial charge is 0.338 e. The third kappa shape index (κ3) is 3.96. The number of rotatable bonds is 5. The van der Waals surface area contributed by atoms with Crippen LogP contribution in [0.25, 0.3) is 0 Å². The van der Waals surface area contributed by atoms with Crippen molar-refractivity contribution in [1.82, 2.24) is 15.7 Å². The minimum Gasteiger partial charge on any atom is -0.338 e. The van der Waals surface area contributed by atoms with E-state index in [0.717, 1.165) is 24.1 Å². The van der Waals surface area contributed by atoms with Crippen molar-refractivity contribution in [1.29, 1.82) is 0 Å². The lowest BCUT2D eigenvalue weighted by Gasteiger charge is -2.16. The van der Waals surface area contributed by atoms with Gasteiger partial charge in [0.1, 0.15) is 0 Å². The molecule has 6 nitrogen and oxygen atoms in total. The standard InChI is InChI=1S/C14H19N3O3/c1-20-16-14(19)15-9-11-4-2-5-12(8-11)10-17-7-3-6-13(17)18/h2,4-5,8H,3,6-7,9-10H2,1H3,(H2,15,16,19). The molecule has 1 aliphatic rings. The summed E-state index contributed by atoms with van der Waals surface area (Å²) in [6, 6.07) is 7.47. The first-order chi connectivity index (χ1) is 9.69. The van der Waals surface area contributed by atoms with E-state index in [9.17, 15) is 9.59 Å². The highest BCUT2D eigenvalue weighted by Crippen LogP contribution is 2.15. The van der Waals surface area contributed by atoms with Gasteiger partial charge in [0.25, 0.3) is 0 Å². The number of urea groups is 1. The van der Waals surface area contributed by atoms with E-state index in [-0.39, 0.29) is 11.9 Å². The van der Waals surface area contributed by atoms with Gasteiger partial charge in [-0.05, 0) is 17.5 Å². The first kappa shape index (κ1) is 14.3. The molecule has 1 heterocycles. The van der Waals surface area contributed by atoms with Crippen molar-refractivity contribution < 1.29 is 14.4 Å². The second-order valence-electron chi connectivity index (χ2n) is 4.73. The summed E-state index contributed by atoms with van der Waals surface area (Å²) in [6.45, 7) is 1.88. The van der Waals surface area contributed by atoms with Gasteiger partial charge >= 0.3 is 6.03 Å². The molecule has 3 amide bonds. The topological polar surface area (TPSA) is 70.7 Å². The predicted octanol–water partition coefficient (Wildman–Crippen LogP) is 1.17. The molecule has 0 aromatic heterocycles. The molecular weight excluding hydrogens is 258 g/mol. The lowest BCUT2D eigenvalue weighted by molar-refractivity contribution is -0.128. The van der Waals surface area contributed by atoms with E-state index in [0.29, 0.717) is 19.5 Å². The maximum atomic E-state index is 11.6. The summed E-state index contributed by atoms with van der Waals surface area (Å²) in [5.41, 5.74) is 4.25. The number of hydroxylamine groups is 1. The molecular formula is C14H19N3O3. The van der Waals surface area contributed by atoms with Crippen molar-refractivity contribution in [3.05, 3.63) is 35.4 Å². The van der Waals surface area contributed by atoms with Gasteiger partial charge < -0.3 is 10.2 Å². The van der Waals surface area contributed by atoms with Crippen LogP contribution in [0.4, 0.5) is 4.79 Å². The van der Waals surface area contributed by atoms with Crippen LogP contribution in [0.1, 0.15) is 24.0 Å². The van der Waals surface area contributed by atoms with Gasteiger partial charge in [0, 0.05) is 26.1 Å². The van der Waals surface area contributed by atoms with Crippen LogP contribution in [-0.4, -0.2) is 30.5 Å². The van der Waals surface area contributed by atoms with E-state index >= 15 is 0 Å². The van der Waals surface area contributed by atoms with Crippen molar-refractivity contribution in [2.45, 2.75) is 25.9 Å². The number of carbonyl (C=O) groups is 2. The highest BCUT2D eigenvalue weighted by molar-refractivity contribution is 5.78. The van der Waals surface area contributed by atoms with E-state index in [4.69, 9.17) is 0 Å². The molecule has 0 bridgehead atoms. The average molecular weight is 277 g/mol. The third-order valence-corrected chi connectivity index (χ3v) is 3.18. The summed E-state index contributed by atoms with van der Waals surface area (Å²) >= 11 is 0. The molecule has 1 aliphatic heterocycles. The summed E-state index contributed by atoms with van der Waals surface area (Å²) in [5.74, 6) is 0.216. The third-order valence-electron chi connectivity index (χ3n) is 3.18. The zero-order chi connectivity index (χ0) is 14.4. The number of amides is 3. The second-order valence-corrected chi connectivity index (χ2v) is 4.73.